The molecule has 2 rings (SSSR count). The first-order chi connectivity index (χ1) is 5.38. The molecule has 0 amide bonds. The maximum Gasteiger partial charge on any atom is -0.0242 e. The maximum absolute atomic E-state index is 4.12. The summed E-state index contributed by atoms with van der Waals surface area (Å²) >= 11 is 0. The Bertz CT molecular complexity index is 241. The van der Waals surface area contributed by atoms with E-state index < -0.39 is 0 Å². The van der Waals surface area contributed by atoms with Crippen LogP contribution in [0.5, 0.6) is 0 Å². The number of allylic oxidation sites excluding steroid dienone is 6. The van der Waals surface area contributed by atoms with E-state index in [0.29, 0.717) is 5.92 Å². The summed E-state index contributed by atoms with van der Waals surface area (Å²) in [6, 6.07) is 0. The first-order valence-electron chi connectivity index (χ1n) is 4.27. The standard InChI is InChI=1S/C11H13/c1-9-5-4-7-10-6-2-3-8-11(9)10/h3-4,7-9H,1-2,5-6H2/q-1. The van der Waals surface area contributed by atoms with E-state index in [9.17, 15) is 0 Å². The Morgan fingerprint density at radius 3 is 3.00 bits per heavy atom. The lowest BCUT2D eigenvalue weighted by atomic mass is 9.84. The summed E-state index contributed by atoms with van der Waals surface area (Å²) in [6.07, 6.45) is 12.6. The summed E-state index contributed by atoms with van der Waals surface area (Å²) in [4.78, 5) is 0. The van der Waals surface area contributed by atoms with E-state index in [-0.39, 0.29) is 0 Å². The van der Waals surface area contributed by atoms with E-state index in [1.54, 1.807) is 0 Å². The van der Waals surface area contributed by atoms with Gasteiger partial charge < -0.3 is 6.92 Å². The van der Waals surface area contributed by atoms with E-state index in [0.717, 1.165) is 6.42 Å². The lowest BCUT2D eigenvalue weighted by molar-refractivity contribution is 0.745. The molecule has 0 aromatic carbocycles. The van der Waals surface area contributed by atoms with E-state index in [1.165, 1.54) is 24.0 Å². The molecular formula is C11H13-. The van der Waals surface area contributed by atoms with Gasteiger partial charge in [0.2, 0.25) is 0 Å². The zero-order valence-electron chi connectivity index (χ0n) is 6.72. The van der Waals surface area contributed by atoms with Crippen LogP contribution in [0.2, 0.25) is 0 Å². The van der Waals surface area contributed by atoms with Gasteiger partial charge in [-0.3, -0.25) is 0 Å². The van der Waals surface area contributed by atoms with E-state index in [2.05, 4.69) is 31.2 Å². The SMILES string of the molecule is [CH2-]C1CC=CC2=C1C=CCC2. The molecule has 0 fully saturated rings. The van der Waals surface area contributed by atoms with Crippen molar-refractivity contribution in [1.29, 1.82) is 0 Å². The summed E-state index contributed by atoms with van der Waals surface area (Å²) in [5.41, 5.74) is 2.98. The molecule has 0 aromatic rings. The zero-order valence-corrected chi connectivity index (χ0v) is 6.72. The van der Waals surface area contributed by atoms with Crippen LogP contribution in [0.1, 0.15) is 19.3 Å². The molecule has 0 radical (unpaired) electrons. The Kier molecular flexibility index (Phi) is 1.69. The Hall–Kier alpha value is -0.780. The van der Waals surface area contributed by atoms with Crippen LogP contribution >= 0.6 is 0 Å². The second-order valence-corrected chi connectivity index (χ2v) is 3.26. The lowest BCUT2D eigenvalue weighted by Crippen LogP contribution is -2.06. The Morgan fingerprint density at radius 2 is 2.18 bits per heavy atom. The average molecular weight is 145 g/mol. The van der Waals surface area contributed by atoms with Crippen molar-refractivity contribution < 1.29 is 0 Å². The number of rotatable bonds is 0. The highest BCUT2D eigenvalue weighted by Gasteiger charge is 2.10. The first kappa shape index (κ1) is 6.90. The minimum absolute atomic E-state index is 0.506. The van der Waals surface area contributed by atoms with Gasteiger partial charge in [-0.15, -0.1) is 5.92 Å². The van der Waals surface area contributed by atoms with Gasteiger partial charge in [-0.2, -0.15) is 0 Å². The molecule has 0 saturated carbocycles. The first-order valence-corrected chi connectivity index (χ1v) is 4.27. The van der Waals surface area contributed by atoms with Crippen molar-refractivity contribution in [2.24, 2.45) is 5.92 Å². The van der Waals surface area contributed by atoms with Crippen LogP contribution in [0.4, 0.5) is 0 Å². The van der Waals surface area contributed by atoms with Crippen molar-refractivity contribution >= 4 is 0 Å². The Labute approximate surface area is 68.3 Å². The van der Waals surface area contributed by atoms with Crippen LogP contribution in [0, 0.1) is 12.8 Å². The molecule has 0 aliphatic heterocycles. The van der Waals surface area contributed by atoms with Gasteiger partial charge in [0.15, 0.2) is 0 Å². The van der Waals surface area contributed by atoms with Crippen molar-refractivity contribution in [3.63, 3.8) is 0 Å². The monoisotopic (exact) mass is 145 g/mol. The minimum atomic E-state index is 0.506. The van der Waals surface area contributed by atoms with Gasteiger partial charge in [0.1, 0.15) is 0 Å². The van der Waals surface area contributed by atoms with Crippen molar-refractivity contribution in [2.45, 2.75) is 19.3 Å². The van der Waals surface area contributed by atoms with Crippen LogP contribution in [-0.4, -0.2) is 0 Å². The molecule has 2 aliphatic rings. The molecular weight excluding hydrogens is 132 g/mol. The third kappa shape index (κ3) is 1.18. The predicted octanol–water partition coefficient (Wildman–Crippen LogP) is 3.04. The number of hydrogen-bond acceptors (Lipinski definition) is 0. The van der Waals surface area contributed by atoms with Gasteiger partial charge >= 0.3 is 0 Å². The molecule has 1 atom stereocenters. The second-order valence-electron chi connectivity index (χ2n) is 3.26. The van der Waals surface area contributed by atoms with E-state index >= 15 is 0 Å². The smallest absolute Gasteiger partial charge is 0.0242 e. The normalized spacial score (nSPS) is 29.0. The number of hydrogen-bond donors (Lipinski definition) is 0. The van der Waals surface area contributed by atoms with Crippen LogP contribution in [0.3, 0.4) is 0 Å². The van der Waals surface area contributed by atoms with Crippen LogP contribution in [-0.2, 0) is 0 Å². The van der Waals surface area contributed by atoms with E-state index in [1.807, 2.05) is 0 Å². The highest BCUT2D eigenvalue weighted by atomic mass is 14.2. The molecule has 0 saturated heterocycles. The maximum atomic E-state index is 4.12. The highest BCUT2D eigenvalue weighted by Crippen LogP contribution is 2.31. The second kappa shape index (κ2) is 2.69. The Morgan fingerprint density at radius 1 is 1.27 bits per heavy atom. The molecule has 58 valence electrons. The summed E-state index contributed by atoms with van der Waals surface area (Å²) in [6.45, 7) is 4.12. The van der Waals surface area contributed by atoms with Gasteiger partial charge in [0, 0.05) is 0 Å². The third-order valence-electron chi connectivity index (χ3n) is 2.43. The van der Waals surface area contributed by atoms with Crippen molar-refractivity contribution in [1.82, 2.24) is 0 Å². The summed E-state index contributed by atoms with van der Waals surface area (Å²) in [5.74, 6) is 0.506. The summed E-state index contributed by atoms with van der Waals surface area (Å²) in [5, 5.41) is 0. The molecule has 0 heteroatoms. The van der Waals surface area contributed by atoms with Crippen LogP contribution < -0.4 is 0 Å². The van der Waals surface area contributed by atoms with Gasteiger partial charge in [0.05, 0.1) is 0 Å². The van der Waals surface area contributed by atoms with Crippen molar-refractivity contribution in [3.05, 3.63) is 42.4 Å². The molecule has 11 heavy (non-hydrogen) atoms. The predicted molar refractivity (Wildman–Crippen MR) is 48.0 cm³/mol. The summed E-state index contributed by atoms with van der Waals surface area (Å²) in [7, 11) is 0. The molecule has 0 spiro atoms. The van der Waals surface area contributed by atoms with Crippen LogP contribution in [0.15, 0.2) is 35.5 Å². The van der Waals surface area contributed by atoms with Gasteiger partial charge in [-0.05, 0) is 18.4 Å². The lowest BCUT2D eigenvalue weighted by Gasteiger charge is -2.26. The highest BCUT2D eigenvalue weighted by molar-refractivity contribution is 5.41. The topological polar surface area (TPSA) is 0 Å². The Balaban J connectivity index is 2.36. The van der Waals surface area contributed by atoms with Gasteiger partial charge in [-0.25, -0.2) is 0 Å². The molecule has 0 N–H and O–H groups in total. The van der Waals surface area contributed by atoms with Crippen molar-refractivity contribution in [3.8, 4) is 0 Å². The minimum Gasteiger partial charge on any atom is -0.336 e. The van der Waals surface area contributed by atoms with Crippen LogP contribution in [0.25, 0.3) is 0 Å². The molecule has 0 aromatic heterocycles. The fraction of sp³-hybridized carbons (Fsp3) is 0.364. The molecule has 0 nitrogen and oxygen atoms in total. The molecule has 0 bridgehead atoms. The van der Waals surface area contributed by atoms with Crippen molar-refractivity contribution in [2.75, 3.05) is 0 Å². The van der Waals surface area contributed by atoms with Gasteiger partial charge in [-0.1, -0.05) is 36.3 Å². The van der Waals surface area contributed by atoms with E-state index in [4.69, 9.17) is 0 Å². The zero-order chi connectivity index (χ0) is 7.68. The largest absolute Gasteiger partial charge is 0.336 e. The molecule has 0 heterocycles. The fourth-order valence-corrected chi connectivity index (χ4v) is 1.78. The molecule has 1 unspecified atom stereocenters. The third-order valence-corrected chi connectivity index (χ3v) is 2.43. The average Bonchev–Trinajstić information content (AvgIpc) is 2.06. The van der Waals surface area contributed by atoms with Gasteiger partial charge in [0.25, 0.3) is 0 Å². The molecule has 2 aliphatic carbocycles. The fourth-order valence-electron chi connectivity index (χ4n) is 1.78. The quantitative estimate of drug-likeness (QED) is 0.459. The summed E-state index contributed by atoms with van der Waals surface area (Å²) < 4.78 is 0.